The van der Waals surface area contributed by atoms with Crippen molar-refractivity contribution < 1.29 is 41.8 Å². The Morgan fingerprint density at radius 1 is 0.952 bits per heavy atom. The fourth-order valence-corrected chi connectivity index (χ4v) is 4.68. The molecular formula is C30H23F4N3O5. The van der Waals surface area contributed by atoms with E-state index in [2.05, 4.69) is 0 Å². The lowest BCUT2D eigenvalue weighted by atomic mass is 9.96. The number of imide groups is 1. The van der Waals surface area contributed by atoms with Gasteiger partial charge in [-0.15, -0.1) is 0 Å². The second kappa shape index (κ2) is 11.1. The van der Waals surface area contributed by atoms with E-state index < -0.39 is 46.6 Å². The number of urea groups is 1. The van der Waals surface area contributed by atoms with Crippen molar-refractivity contribution in [1.82, 2.24) is 4.90 Å². The number of carboxylic acid groups (broad SMARTS) is 1. The number of hydrogen-bond donors (Lipinski definition) is 1. The summed E-state index contributed by atoms with van der Waals surface area (Å²) in [6.07, 6.45) is -5.22. The molecule has 0 bridgehead atoms. The zero-order chi connectivity index (χ0) is 31.0. The first kappa shape index (κ1) is 29.9. The Balaban J connectivity index is 1.60. The van der Waals surface area contributed by atoms with E-state index in [1.165, 1.54) is 50.2 Å². The Morgan fingerprint density at radius 3 is 2.21 bits per heavy atom. The highest BCUT2D eigenvalue weighted by molar-refractivity contribution is 6.23. The number of ketones is 1. The molecule has 1 heterocycles. The summed E-state index contributed by atoms with van der Waals surface area (Å²) >= 11 is 0. The van der Waals surface area contributed by atoms with E-state index in [1.807, 2.05) is 0 Å². The van der Waals surface area contributed by atoms with Crippen molar-refractivity contribution in [3.63, 3.8) is 0 Å². The smallest absolute Gasteiger partial charge is 0.417 e. The molecule has 0 atom stereocenters. The first-order valence-corrected chi connectivity index (χ1v) is 12.5. The number of hydrogen-bond acceptors (Lipinski definition) is 5. The third kappa shape index (κ3) is 5.85. The monoisotopic (exact) mass is 581 g/mol. The van der Waals surface area contributed by atoms with Crippen LogP contribution in [-0.2, 0) is 35.2 Å². The molecule has 0 saturated carbocycles. The second-order valence-electron chi connectivity index (χ2n) is 10.2. The number of carboxylic acids is 1. The molecule has 3 aromatic rings. The number of halogens is 4. The van der Waals surface area contributed by atoms with Crippen LogP contribution in [0.15, 0.2) is 60.7 Å². The highest BCUT2D eigenvalue weighted by atomic mass is 19.4. The molecule has 8 nitrogen and oxygen atoms in total. The number of Topliss-reactive ketones (excluding diaryl/α,β-unsaturated/α-hetero) is 1. The Kier molecular flexibility index (Phi) is 7.89. The molecule has 1 aliphatic rings. The maximum atomic E-state index is 14.2. The first-order valence-electron chi connectivity index (χ1n) is 12.5. The summed E-state index contributed by atoms with van der Waals surface area (Å²) < 4.78 is 54.9. The molecular weight excluding hydrogens is 558 g/mol. The molecule has 0 unspecified atom stereocenters. The lowest BCUT2D eigenvalue weighted by Crippen LogP contribution is -2.43. The van der Waals surface area contributed by atoms with Crippen LogP contribution in [-0.4, -0.2) is 39.2 Å². The van der Waals surface area contributed by atoms with Gasteiger partial charge in [0, 0.05) is 19.4 Å². The van der Waals surface area contributed by atoms with Gasteiger partial charge in [-0.05, 0) is 73.0 Å². The molecule has 1 aliphatic heterocycles. The van der Waals surface area contributed by atoms with E-state index in [0.717, 1.165) is 29.2 Å². The zero-order valence-corrected chi connectivity index (χ0v) is 22.3. The van der Waals surface area contributed by atoms with Crippen LogP contribution in [0.5, 0.6) is 0 Å². The van der Waals surface area contributed by atoms with Crippen LogP contribution in [0.4, 0.5) is 28.0 Å². The predicted molar refractivity (Wildman–Crippen MR) is 141 cm³/mol. The SMILES string of the molecule is CC1(C)C(=O)N(c2ccc(C#N)c(C(F)(F)F)c2)C(=O)N1Cc1ccc(F)cc1CC(=O)Cc1ccc(C(=O)O)cc1. The lowest BCUT2D eigenvalue weighted by molar-refractivity contribution is -0.137. The summed E-state index contributed by atoms with van der Waals surface area (Å²) in [7, 11) is 0. The van der Waals surface area contributed by atoms with Crippen molar-refractivity contribution in [3.05, 3.63) is 99.9 Å². The Hall–Kier alpha value is -5.05. The highest BCUT2D eigenvalue weighted by Gasteiger charge is 2.52. The van der Waals surface area contributed by atoms with Crippen LogP contribution >= 0.6 is 0 Å². The maximum Gasteiger partial charge on any atom is 0.417 e. The van der Waals surface area contributed by atoms with Gasteiger partial charge in [0.05, 0.1) is 28.4 Å². The summed E-state index contributed by atoms with van der Waals surface area (Å²) in [4.78, 5) is 52.4. The summed E-state index contributed by atoms with van der Waals surface area (Å²) in [6.45, 7) is 2.57. The van der Waals surface area contributed by atoms with Gasteiger partial charge < -0.3 is 10.0 Å². The molecule has 3 amide bonds. The van der Waals surface area contributed by atoms with Crippen molar-refractivity contribution in [3.8, 4) is 6.07 Å². The third-order valence-electron chi connectivity index (χ3n) is 7.00. The molecule has 0 aliphatic carbocycles. The van der Waals surface area contributed by atoms with Gasteiger partial charge in [-0.1, -0.05) is 18.2 Å². The number of benzene rings is 3. The second-order valence-corrected chi connectivity index (χ2v) is 10.2. The fourth-order valence-electron chi connectivity index (χ4n) is 4.68. The number of alkyl halides is 3. The van der Waals surface area contributed by atoms with Gasteiger partial charge >= 0.3 is 18.2 Å². The van der Waals surface area contributed by atoms with Gasteiger partial charge in [0.15, 0.2) is 0 Å². The molecule has 0 spiro atoms. The summed E-state index contributed by atoms with van der Waals surface area (Å²) in [5.74, 6) is -2.90. The van der Waals surface area contributed by atoms with E-state index >= 15 is 0 Å². The molecule has 3 aromatic carbocycles. The number of nitrogens with zero attached hydrogens (tertiary/aromatic N) is 3. The van der Waals surface area contributed by atoms with Crippen molar-refractivity contribution in [2.45, 2.75) is 44.9 Å². The average molecular weight is 582 g/mol. The van der Waals surface area contributed by atoms with Crippen LogP contribution < -0.4 is 4.90 Å². The van der Waals surface area contributed by atoms with E-state index in [9.17, 15) is 36.7 Å². The number of amides is 3. The van der Waals surface area contributed by atoms with E-state index in [1.54, 1.807) is 0 Å². The van der Waals surface area contributed by atoms with Crippen molar-refractivity contribution >= 4 is 29.4 Å². The molecule has 0 radical (unpaired) electrons. The molecule has 12 heteroatoms. The van der Waals surface area contributed by atoms with Gasteiger partial charge in [-0.2, -0.15) is 18.4 Å². The summed E-state index contributed by atoms with van der Waals surface area (Å²) in [5, 5.41) is 18.1. The number of carbonyl (C=O) groups is 4. The Morgan fingerprint density at radius 2 is 1.62 bits per heavy atom. The van der Waals surface area contributed by atoms with Gasteiger partial charge in [-0.25, -0.2) is 18.9 Å². The molecule has 0 aromatic heterocycles. The molecule has 1 N–H and O–H groups in total. The maximum absolute atomic E-state index is 14.2. The topological polar surface area (TPSA) is 119 Å². The lowest BCUT2D eigenvalue weighted by Gasteiger charge is -2.28. The standard InChI is InChI=1S/C30H23F4N3O5/c1-29(2)27(41)37(23-10-8-19(15-35)25(14-23)30(32,33)34)28(42)36(29)16-20-7-9-22(31)12-21(20)13-24(38)11-17-3-5-18(6-4-17)26(39)40/h3-10,12,14H,11,13,16H2,1-2H3,(H,39,40). The third-order valence-corrected chi connectivity index (χ3v) is 7.00. The van der Waals surface area contributed by atoms with Gasteiger partial charge in [0.2, 0.25) is 0 Å². The molecule has 4 rings (SSSR count). The highest BCUT2D eigenvalue weighted by Crippen LogP contribution is 2.38. The molecule has 1 fully saturated rings. The largest absolute Gasteiger partial charge is 0.478 e. The van der Waals surface area contributed by atoms with Gasteiger partial charge in [0.25, 0.3) is 5.91 Å². The van der Waals surface area contributed by atoms with Crippen LogP contribution in [0, 0.1) is 17.1 Å². The summed E-state index contributed by atoms with van der Waals surface area (Å²) in [6, 6.07) is 12.4. The number of rotatable bonds is 8. The van der Waals surface area contributed by atoms with Gasteiger partial charge in [0.1, 0.15) is 17.1 Å². The van der Waals surface area contributed by atoms with Crippen molar-refractivity contribution in [2.24, 2.45) is 0 Å². The van der Waals surface area contributed by atoms with Gasteiger partial charge in [-0.3, -0.25) is 9.59 Å². The van der Waals surface area contributed by atoms with Crippen molar-refractivity contribution in [2.75, 3.05) is 4.90 Å². The minimum atomic E-state index is -4.91. The van der Waals surface area contributed by atoms with Crippen LogP contribution in [0.3, 0.4) is 0 Å². The summed E-state index contributed by atoms with van der Waals surface area (Å²) in [5.41, 5.74) is -2.67. The predicted octanol–water partition coefficient (Wildman–Crippen LogP) is 5.52. The number of anilines is 1. The minimum absolute atomic E-state index is 0.0516. The van der Waals surface area contributed by atoms with E-state index in [0.29, 0.717) is 22.1 Å². The molecule has 216 valence electrons. The number of nitriles is 1. The molecule has 42 heavy (non-hydrogen) atoms. The molecule has 1 saturated heterocycles. The van der Waals surface area contributed by atoms with Crippen LogP contribution in [0.25, 0.3) is 0 Å². The first-order chi connectivity index (χ1) is 19.6. The van der Waals surface area contributed by atoms with Crippen LogP contribution in [0.1, 0.15) is 52.0 Å². The normalized spacial score (nSPS) is 14.7. The zero-order valence-electron chi connectivity index (χ0n) is 22.3. The van der Waals surface area contributed by atoms with E-state index in [4.69, 9.17) is 10.4 Å². The average Bonchev–Trinajstić information content (AvgIpc) is 3.08. The minimum Gasteiger partial charge on any atom is -0.478 e. The van der Waals surface area contributed by atoms with E-state index in [-0.39, 0.29) is 42.0 Å². The van der Waals surface area contributed by atoms with Crippen LogP contribution in [0.2, 0.25) is 0 Å². The quantitative estimate of drug-likeness (QED) is 0.277. The fraction of sp³-hybridized carbons (Fsp3) is 0.233. The number of carbonyl (C=O) groups excluding carboxylic acids is 3. The Labute approximate surface area is 237 Å². The number of aromatic carboxylic acids is 1. The van der Waals surface area contributed by atoms with Crippen molar-refractivity contribution in [1.29, 1.82) is 5.26 Å². The Bertz CT molecular complexity index is 1640.